The number of benzene rings is 1. The van der Waals surface area contributed by atoms with Gasteiger partial charge in [-0.25, -0.2) is 0 Å². The first-order valence-electron chi connectivity index (χ1n) is 5.90. The fraction of sp³-hybridized carbons (Fsp3) is 0.231. The second kappa shape index (κ2) is 5.09. The number of amides is 2. The molecule has 2 amide bonds. The van der Waals surface area contributed by atoms with Gasteiger partial charge in [-0.05, 0) is 35.5 Å². The SMILES string of the molecule is COc1cc(/C=C2\SC(=O)NC2=O)cc2c1OCCO2. The zero-order chi connectivity index (χ0) is 14.1. The van der Waals surface area contributed by atoms with Crippen LogP contribution in [0.5, 0.6) is 17.2 Å². The Bertz CT molecular complexity index is 608. The Hall–Kier alpha value is -2.15. The summed E-state index contributed by atoms with van der Waals surface area (Å²) >= 11 is 0.868. The number of hydrogen-bond donors (Lipinski definition) is 1. The van der Waals surface area contributed by atoms with Crippen LogP contribution in [0.1, 0.15) is 5.56 Å². The first-order valence-corrected chi connectivity index (χ1v) is 6.71. The molecule has 0 saturated carbocycles. The van der Waals surface area contributed by atoms with Crippen molar-refractivity contribution < 1.29 is 23.8 Å². The molecular weight excluding hydrogens is 282 g/mol. The van der Waals surface area contributed by atoms with Gasteiger partial charge < -0.3 is 14.2 Å². The molecule has 0 atom stereocenters. The average Bonchev–Trinajstić information content (AvgIpc) is 2.76. The molecule has 2 heterocycles. The molecule has 1 fully saturated rings. The van der Waals surface area contributed by atoms with E-state index in [9.17, 15) is 9.59 Å². The number of nitrogens with one attached hydrogen (secondary N) is 1. The summed E-state index contributed by atoms with van der Waals surface area (Å²) in [6.45, 7) is 0.931. The van der Waals surface area contributed by atoms with E-state index in [1.807, 2.05) is 0 Å². The Kier molecular flexibility index (Phi) is 3.27. The van der Waals surface area contributed by atoms with E-state index in [1.165, 1.54) is 7.11 Å². The molecule has 0 radical (unpaired) electrons. The van der Waals surface area contributed by atoms with Crippen molar-refractivity contribution in [2.75, 3.05) is 20.3 Å². The predicted molar refractivity (Wildman–Crippen MR) is 73.1 cm³/mol. The monoisotopic (exact) mass is 293 g/mol. The van der Waals surface area contributed by atoms with E-state index in [0.717, 1.165) is 11.8 Å². The normalized spacial score (nSPS) is 19.1. The highest BCUT2D eigenvalue weighted by molar-refractivity contribution is 8.18. The van der Waals surface area contributed by atoms with Crippen LogP contribution in [0.4, 0.5) is 4.79 Å². The van der Waals surface area contributed by atoms with Gasteiger partial charge in [-0.15, -0.1) is 0 Å². The van der Waals surface area contributed by atoms with Crippen LogP contribution in [-0.2, 0) is 4.79 Å². The van der Waals surface area contributed by atoms with Crippen molar-refractivity contribution in [3.8, 4) is 17.2 Å². The van der Waals surface area contributed by atoms with E-state index in [1.54, 1.807) is 18.2 Å². The summed E-state index contributed by atoms with van der Waals surface area (Å²) < 4.78 is 16.3. The van der Waals surface area contributed by atoms with Crippen molar-refractivity contribution in [1.29, 1.82) is 0 Å². The van der Waals surface area contributed by atoms with Gasteiger partial charge >= 0.3 is 0 Å². The molecule has 0 spiro atoms. The van der Waals surface area contributed by atoms with Crippen LogP contribution in [0.3, 0.4) is 0 Å². The van der Waals surface area contributed by atoms with E-state index in [-0.39, 0.29) is 5.24 Å². The minimum Gasteiger partial charge on any atom is -0.493 e. The number of imide groups is 1. The van der Waals surface area contributed by atoms with Crippen molar-refractivity contribution in [1.82, 2.24) is 5.32 Å². The molecule has 104 valence electrons. The number of methoxy groups -OCH3 is 1. The summed E-state index contributed by atoms with van der Waals surface area (Å²) in [5, 5.41) is 1.84. The largest absolute Gasteiger partial charge is 0.493 e. The molecule has 2 aliphatic heterocycles. The highest BCUT2D eigenvalue weighted by atomic mass is 32.2. The third-order valence-electron chi connectivity index (χ3n) is 2.79. The summed E-state index contributed by atoms with van der Waals surface area (Å²) in [4.78, 5) is 23.0. The van der Waals surface area contributed by atoms with Crippen LogP contribution in [0, 0.1) is 0 Å². The van der Waals surface area contributed by atoms with Crippen LogP contribution in [0.15, 0.2) is 17.0 Å². The Morgan fingerprint density at radius 2 is 2.10 bits per heavy atom. The number of thioether (sulfide) groups is 1. The molecule has 1 aromatic rings. The first kappa shape index (κ1) is 12.9. The van der Waals surface area contributed by atoms with Gasteiger partial charge in [0.2, 0.25) is 5.75 Å². The Balaban J connectivity index is 2.00. The Morgan fingerprint density at radius 3 is 2.80 bits per heavy atom. The maximum absolute atomic E-state index is 11.5. The van der Waals surface area contributed by atoms with Crippen molar-refractivity contribution in [2.45, 2.75) is 0 Å². The maximum Gasteiger partial charge on any atom is 0.290 e. The minimum atomic E-state index is -0.395. The lowest BCUT2D eigenvalue weighted by Gasteiger charge is -2.21. The summed E-state index contributed by atoms with van der Waals surface area (Å²) in [7, 11) is 1.53. The lowest BCUT2D eigenvalue weighted by Crippen LogP contribution is -2.18. The van der Waals surface area contributed by atoms with E-state index in [2.05, 4.69) is 5.32 Å². The van der Waals surface area contributed by atoms with Gasteiger partial charge in [-0.1, -0.05) is 0 Å². The molecule has 3 rings (SSSR count). The third-order valence-corrected chi connectivity index (χ3v) is 3.60. The number of rotatable bonds is 2. The molecule has 0 aromatic heterocycles. The molecule has 1 saturated heterocycles. The highest BCUT2D eigenvalue weighted by Gasteiger charge is 2.25. The van der Waals surface area contributed by atoms with Crippen LogP contribution in [0.25, 0.3) is 6.08 Å². The van der Waals surface area contributed by atoms with E-state index >= 15 is 0 Å². The number of fused-ring (bicyclic) bond motifs is 1. The molecule has 0 unspecified atom stereocenters. The average molecular weight is 293 g/mol. The van der Waals surface area contributed by atoms with Gasteiger partial charge in [0.1, 0.15) is 13.2 Å². The molecule has 6 nitrogen and oxygen atoms in total. The predicted octanol–water partition coefficient (Wildman–Crippen LogP) is 1.79. The second-order valence-electron chi connectivity index (χ2n) is 4.10. The van der Waals surface area contributed by atoms with Gasteiger partial charge in [0.15, 0.2) is 11.5 Å². The lowest BCUT2D eigenvalue weighted by molar-refractivity contribution is -0.115. The van der Waals surface area contributed by atoms with Gasteiger partial charge in [-0.2, -0.15) is 0 Å². The zero-order valence-electron chi connectivity index (χ0n) is 10.6. The first-order chi connectivity index (χ1) is 9.67. The fourth-order valence-corrected chi connectivity index (χ4v) is 2.63. The topological polar surface area (TPSA) is 73.9 Å². The lowest BCUT2D eigenvalue weighted by atomic mass is 10.1. The Labute approximate surface area is 119 Å². The third kappa shape index (κ3) is 2.32. The molecule has 1 aromatic carbocycles. The number of carbonyl (C=O) groups excluding carboxylic acids is 2. The molecule has 0 bridgehead atoms. The summed E-state index contributed by atoms with van der Waals surface area (Å²) in [5.74, 6) is 1.26. The van der Waals surface area contributed by atoms with Gasteiger partial charge in [0.25, 0.3) is 11.1 Å². The van der Waals surface area contributed by atoms with Crippen molar-refractivity contribution in [3.63, 3.8) is 0 Å². The zero-order valence-corrected chi connectivity index (χ0v) is 11.4. The van der Waals surface area contributed by atoms with E-state index in [4.69, 9.17) is 14.2 Å². The van der Waals surface area contributed by atoms with Gasteiger partial charge in [0.05, 0.1) is 12.0 Å². The van der Waals surface area contributed by atoms with E-state index < -0.39 is 5.91 Å². The van der Waals surface area contributed by atoms with Crippen LogP contribution < -0.4 is 19.5 Å². The number of hydrogen-bond acceptors (Lipinski definition) is 6. The smallest absolute Gasteiger partial charge is 0.290 e. The summed E-state index contributed by atoms with van der Waals surface area (Å²) in [5.41, 5.74) is 0.707. The molecule has 2 aliphatic rings. The molecule has 7 heteroatoms. The minimum absolute atomic E-state index is 0.341. The van der Waals surface area contributed by atoms with E-state index in [0.29, 0.717) is 40.9 Å². The fourth-order valence-electron chi connectivity index (χ4n) is 1.95. The van der Waals surface area contributed by atoms with Crippen molar-refractivity contribution in [2.24, 2.45) is 0 Å². The molecule has 0 aliphatic carbocycles. The van der Waals surface area contributed by atoms with Gasteiger partial charge in [0, 0.05) is 0 Å². The molecule has 1 N–H and O–H groups in total. The van der Waals surface area contributed by atoms with Crippen LogP contribution in [0.2, 0.25) is 0 Å². The van der Waals surface area contributed by atoms with Crippen molar-refractivity contribution in [3.05, 3.63) is 22.6 Å². The Morgan fingerprint density at radius 1 is 1.30 bits per heavy atom. The highest BCUT2D eigenvalue weighted by Crippen LogP contribution is 2.41. The van der Waals surface area contributed by atoms with Crippen LogP contribution >= 0.6 is 11.8 Å². The van der Waals surface area contributed by atoms with Crippen LogP contribution in [-0.4, -0.2) is 31.5 Å². The summed E-state index contributed by atoms with van der Waals surface area (Å²) in [6, 6.07) is 3.48. The number of ether oxygens (including phenoxy) is 3. The van der Waals surface area contributed by atoms with Crippen molar-refractivity contribution >= 4 is 29.0 Å². The number of carbonyl (C=O) groups is 2. The molecule has 20 heavy (non-hydrogen) atoms. The second-order valence-corrected chi connectivity index (χ2v) is 5.11. The maximum atomic E-state index is 11.5. The quantitative estimate of drug-likeness (QED) is 0.838. The molecular formula is C13H11NO5S. The summed E-state index contributed by atoms with van der Waals surface area (Å²) in [6.07, 6.45) is 1.62. The standard InChI is InChI=1S/C13H11NO5S/c1-17-8-4-7(5-9-11(8)19-3-2-18-9)6-10-12(15)14-13(16)20-10/h4-6H,2-3H2,1H3,(H,14,15,16)/b10-6-. The van der Waals surface area contributed by atoms with Gasteiger partial charge in [-0.3, -0.25) is 14.9 Å².